The van der Waals surface area contributed by atoms with Crippen molar-refractivity contribution in [2.24, 2.45) is 5.73 Å². The van der Waals surface area contributed by atoms with Gasteiger partial charge < -0.3 is 20.9 Å². The lowest BCUT2D eigenvalue weighted by Crippen LogP contribution is -2.49. The molecule has 1 aliphatic rings. The van der Waals surface area contributed by atoms with Crippen LogP contribution < -0.4 is 16.0 Å². The molecule has 0 radical (unpaired) electrons. The van der Waals surface area contributed by atoms with Gasteiger partial charge in [-0.3, -0.25) is 4.79 Å². The van der Waals surface area contributed by atoms with Crippen LogP contribution in [0.25, 0.3) is 0 Å². The molecule has 2 aromatic carbocycles. The van der Waals surface area contributed by atoms with Gasteiger partial charge in [-0.25, -0.2) is 4.39 Å². The molecule has 3 rings (SSSR count). The van der Waals surface area contributed by atoms with E-state index in [-0.39, 0.29) is 16.8 Å². The van der Waals surface area contributed by atoms with E-state index in [0.29, 0.717) is 36.8 Å². The zero-order chi connectivity index (χ0) is 18.7. The Kier molecular flexibility index (Phi) is 5.58. The van der Waals surface area contributed by atoms with Gasteiger partial charge in [0.05, 0.1) is 16.4 Å². The van der Waals surface area contributed by atoms with Crippen LogP contribution in [0, 0.1) is 5.82 Å². The number of carbonyl (C=O) groups excluding carboxylic acids is 1. The first-order valence-corrected chi connectivity index (χ1v) is 8.89. The first kappa shape index (κ1) is 18.4. The minimum Gasteiger partial charge on any atom is -0.376 e. The van der Waals surface area contributed by atoms with Gasteiger partial charge in [0.1, 0.15) is 5.82 Å². The zero-order valence-electron chi connectivity index (χ0n) is 13.9. The molecule has 1 heterocycles. The summed E-state index contributed by atoms with van der Waals surface area (Å²) in [7, 11) is 0. The molecular weight excluding hydrogens is 375 g/mol. The molecule has 1 fully saturated rings. The summed E-state index contributed by atoms with van der Waals surface area (Å²) >= 11 is 11.3. The molecule has 1 amide bonds. The Morgan fingerprint density at radius 3 is 2.38 bits per heavy atom. The van der Waals surface area contributed by atoms with Crippen LogP contribution >= 0.6 is 23.8 Å². The van der Waals surface area contributed by atoms with Crippen LogP contribution in [0.2, 0.25) is 5.02 Å². The first-order chi connectivity index (χ1) is 12.5. The van der Waals surface area contributed by atoms with Crippen LogP contribution in [0.15, 0.2) is 42.5 Å². The number of thiocarbonyl (C=S) groups is 1. The predicted octanol–water partition coefficient (Wildman–Crippen LogP) is 3.10. The first-order valence-electron chi connectivity index (χ1n) is 8.10. The summed E-state index contributed by atoms with van der Waals surface area (Å²) in [5.41, 5.74) is 7.62. The highest BCUT2D eigenvalue weighted by Crippen LogP contribution is 2.34. The quantitative estimate of drug-likeness (QED) is 0.786. The molecule has 0 aliphatic carbocycles. The van der Waals surface area contributed by atoms with Crippen LogP contribution in [0.1, 0.15) is 10.4 Å². The lowest BCUT2D eigenvalue weighted by molar-refractivity contribution is 0.0747. The number of anilines is 2. The number of nitrogens with zero attached hydrogens (tertiary/aromatic N) is 2. The third kappa shape index (κ3) is 4.05. The van der Waals surface area contributed by atoms with E-state index in [2.05, 4.69) is 10.2 Å². The van der Waals surface area contributed by atoms with Crippen LogP contribution in [0.5, 0.6) is 0 Å². The van der Waals surface area contributed by atoms with Crippen molar-refractivity contribution in [2.75, 3.05) is 36.4 Å². The standard InChI is InChI=1S/C18H18ClFN4OS/c19-14-2-1-3-15(22-18(21)26)16(14)23-8-10-24(11-9-23)17(25)12-4-6-13(20)7-5-12/h1-7H,8-11H2,(H3,21,22,26). The summed E-state index contributed by atoms with van der Waals surface area (Å²) < 4.78 is 13.0. The average molecular weight is 393 g/mol. The van der Waals surface area contributed by atoms with Gasteiger partial charge in [-0.15, -0.1) is 0 Å². The fourth-order valence-corrected chi connectivity index (χ4v) is 3.38. The molecule has 26 heavy (non-hydrogen) atoms. The summed E-state index contributed by atoms with van der Waals surface area (Å²) in [5, 5.41) is 3.70. The number of piperazine rings is 1. The number of carbonyl (C=O) groups is 1. The largest absolute Gasteiger partial charge is 0.376 e. The van der Waals surface area contributed by atoms with Gasteiger partial charge in [0.2, 0.25) is 0 Å². The number of halogens is 2. The summed E-state index contributed by atoms with van der Waals surface area (Å²) in [4.78, 5) is 16.4. The average Bonchev–Trinajstić information content (AvgIpc) is 2.62. The maximum absolute atomic E-state index is 13.0. The summed E-state index contributed by atoms with van der Waals surface area (Å²) in [6.45, 7) is 2.30. The highest BCUT2D eigenvalue weighted by atomic mass is 35.5. The van der Waals surface area contributed by atoms with Crippen LogP contribution in [0.4, 0.5) is 15.8 Å². The number of nitrogens with one attached hydrogen (secondary N) is 1. The van der Waals surface area contributed by atoms with Crippen LogP contribution in [0.3, 0.4) is 0 Å². The van der Waals surface area contributed by atoms with E-state index < -0.39 is 0 Å². The Balaban J connectivity index is 1.72. The second-order valence-electron chi connectivity index (χ2n) is 5.91. The monoisotopic (exact) mass is 392 g/mol. The molecule has 0 aromatic heterocycles. The van der Waals surface area contributed by atoms with Gasteiger partial charge in [0.15, 0.2) is 5.11 Å². The van der Waals surface area contributed by atoms with E-state index in [1.165, 1.54) is 24.3 Å². The molecule has 2 aromatic rings. The Morgan fingerprint density at radius 1 is 1.12 bits per heavy atom. The smallest absolute Gasteiger partial charge is 0.253 e. The number of nitrogens with two attached hydrogens (primary N) is 1. The third-order valence-corrected chi connectivity index (χ3v) is 4.63. The molecule has 0 atom stereocenters. The van der Waals surface area contributed by atoms with E-state index in [1.54, 1.807) is 11.0 Å². The van der Waals surface area contributed by atoms with E-state index in [4.69, 9.17) is 29.6 Å². The van der Waals surface area contributed by atoms with E-state index in [1.807, 2.05) is 12.1 Å². The normalized spacial score (nSPS) is 14.2. The molecule has 1 saturated heterocycles. The maximum atomic E-state index is 13.0. The van der Waals surface area contributed by atoms with E-state index >= 15 is 0 Å². The summed E-state index contributed by atoms with van der Waals surface area (Å²) in [6.07, 6.45) is 0. The molecule has 0 bridgehead atoms. The number of hydrogen-bond donors (Lipinski definition) is 2. The Morgan fingerprint density at radius 2 is 1.77 bits per heavy atom. The van der Waals surface area contributed by atoms with Gasteiger partial charge >= 0.3 is 0 Å². The minimum atomic E-state index is -0.358. The predicted molar refractivity (Wildman–Crippen MR) is 106 cm³/mol. The van der Waals surface area contributed by atoms with Crippen molar-refractivity contribution in [3.05, 3.63) is 58.9 Å². The van der Waals surface area contributed by atoms with Crippen molar-refractivity contribution in [1.29, 1.82) is 0 Å². The van der Waals surface area contributed by atoms with Crippen molar-refractivity contribution in [2.45, 2.75) is 0 Å². The van der Waals surface area contributed by atoms with Crippen LogP contribution in [-0.2, 0) is 0 Å². The molecule has 8 heteroatoms. The molecule has 0 spiro atoms. The Bertz CT molecular complexity index is 822. The van der Waals surface area contributed by atoms with Gasteiger partial charge in [-0.05, 0) is 48.6 Å². The number of hydrogen-bond acceptors (Lipinski definition) is 3. The minimum absolute atomic E-state index is 0.106. The molecule has 5 nitrogen and oxygen atoms in total. The molecule has 0 unspecified atom stereocenters. The Labute approximate surface area is 161 Å². The lowest BCUT2D eigenvalue weighted by Gasteiger charge is -2.37. The highest BCUT2D eigenvalue weighted by molar-refractivity contribution is 7.80. The van der Waals surface area contributed by atoms with Crippen LogP contribution in [-0.4, -0.2) is 42.1 Å². The highest BCUT2D eigenvalue weighted by Gasteiger charge is 2.25. The van der Waals surface area contributed by atoms with Crippen molar-refractivity contribution in [3.63, 3.8) is 0 Å². The van der Waals surface area contributed by atoms with Gasteiger partial charge in [-0.2, -0.15) is 0 Å². The van der Waals surface area contributed by atoms with Crippen molar-refractivity contribution in [3.8, 4) is 0 Å². The molecule has 3 N–H and O–H groups in total. The van der Waals surface area contributed by atoms with Crippen molar-refractivity contribution >= 4 is 46.2 Å². The topological polar surface area (TPSA) is 61.6 Å². The fraction of sp³-hybridized carbons (Fsp3) is 0.222. The van der Waals surface area contributed by atoms with Crippen molar-refractivity contribution in [1.82, 2.24) is 4.90 Å². The Hall–Kier alpha value is -2.38. The SMILES string of the molecule is NC(=S)Nc1cccc(Cl)c1N1CCN(C(=O)c2ccc(F)cc2)CC1. The third-order valence-electron chi connectivity index (χ3n) is 4.22. The molecule has 136 valence electrons. The maximum Gasteiger partial charge on any atom is 0.253 e. The van der Waals surface area contributed by atoms with Gasteiger partial charge in [0, 0.05) is 31.7 Å². The van der Waals surface area contributed by atoms with E-state index in [9.17, 15) is 9.18 Å². The summed E-state index contributed by atoms with van der Waals surface area (Å²) in [6, 6.07) is 11.1. The van der Waals surface area contributed by atoms with Gasteiger partial charge in [-0.1, -0.05) is 17.7 Å². The number of benzene rings is 2. The van der Waals surface area contributed by atoms with E-state index in [0.717, 1.165) is 11.4 Å². The fourth-order valence-electron chi connectivity index (χ4n) is 2.98. The number of amides is 1. The summed E-state index contributed by atoms with van der Waals surface area (Å²) in [5.74, 6) is -0.465. The zero-order valence-corrected chi connectivity index (χ0v) is 15.5. The van der Waals surface area contributed by atoms with Crippen molar-refractivity contribution < 1.29 is 9.18 Å². The number of rotatable bonds is 3. The lowest BCUT2D eigenvalue weighted by atomic mass is 10.1. The number of para-hydroxylation sites is 1. The molecular formula is C18H18ClFN4OS. The van der Waals surface area contributed by atoms with Gasteiger partial charge in [0.25, 0.3) is 5.91 Å². The second-order valence-corrected chi connectivity index (χ2v) is 6.76. The molecule has 0 saturated carbocycles. The second kappa shape index (κ2) is 7.88. The molecule has 1 aliphatic heterocycles.